The Bertz CT molecular complexity index is 989. The predicted octanol–water partition coefficient (Wildman–Crippen LogP) is 1.99. The van der Waals surface area contributed by atoms with E-state index >= 15 is 0 Å². The van der Waals surface area contributed by atoms with E-state index in [9.17, 15) is 14.4 Å². The summed E-state index contributed by atoms with van der Waals surface area (Å²) >= 11 is 5.84. The number of hydrogen-bond donors (Lipinski definition) is 2. The van der Waals surface area contributed by atoms with Crippen LogP contribution in [0.2, 0.25) is 5.02 Å². The van der Waals surface area contributed by atoms with Crippen molar-refractivity contribution in [2.24, 2.45) is 5.73 Å². The van der Waals surface area contributed by atoms with Crippen molar-refractivity contribution in [2.45, 2.75) is 6.54 Å². The van der Waals surface area contributed by atoms with E-state index in [-0.39, 0.29) is 6.54 Å². The van der Waals surface area contributed by atoms with Gasteiger partial charge < -0.3 is 15.5 Å². The molecule has 0 radical (unpaired) electrons. The molecular formula is C16H12ClN3O4. The summed E-state index contributed by atoms with van der Waals surface area (Å²) in [7, 11) is 0. The highest BCUT2D eigenvalue weighted by Crippen LogP contribution is 2.18. The molecule has 0 aliphatic rings. The molecule has 8 heteroatoms. The van der Waals surface area contributed by atoms with Crippen LogP contribution in [0.25, 0.3) is 11.1 Å². The van der Waals surface area contributed by atoms with Crippen molar-refractivity contribution in [2.75, 3.05) is 5.32 Å². The third-order valence-corrected chi connectivity index (χ3v) is 3.62. The van der Waals surface area contributed by atoms with Crippen LogP contribution in [0, 0.1) is 0 Å². The number of carbonyl (C=O) groups excluding carboxylic acids is 2. The fraction of sp³-hybridized carbons (Fsp3) is 0.0625. The van der Waals surface area contributed by atoms with E-state index < -0.39 is 17.6 Å². The Labute approximate surface area is 140 Å². The molecule has 0 saturated heterocycles. The third kappa shape index (κ3) is 3.16. The van der Waals surface area contributed by atoms with Crippen LogP contribution in [-0.4, -0.2) is 16.4 Å². The van der Waals surface area contributed by atoms with Crippen molar-refractivity contribution >= 4 is 40.2 Å². The van der Waals surface area contributed by atoms with E-state index in [1.165, 1.54) is 22.8 Å². The number of hydrogen-bond acceptors (Lipinski definition) is 4. The second-order valence-corrected chi connectivity index (χ2v) is 5.49. The number of benzene rings is 2. The zero-order valence-electron chi connectivity index (χ0n) is 12.3. The Hall–Kier alpha value is -3.06. The number of carbonyl (C=O) groups is 2. The molecule has 0 aliphatic carbocycles. The SMILES string of the molecule is NC(=O)c1ccc(NC(=O)Cn2c(=O)oc3cc(Cl)ccc32)cc1. The minimum absolute atomic E-state index is 0.217. The zero-order valence-corrected chi connectivity index (χ0v) is 13.0. The molecule has 0 aliphatic heterocycles. The maximum atomic E-state index is 12.1. The van der Waals surface area contributed by atoms with Crippen LogP contribution in [0.15, 0.2) is 51.7 Å². The monoisotopic (exact) mass is 345 g/mol. The molecule has 0 unspecified atom stereocenters. The zero-order chi connectivity index (χ0) is 17.3. The standard InChI is InChI=1S/C16H12ClN3O4/c17-10-3-6-12-13(7-10)24-16(23)20(12)8-14(21)19-11-4-1-9(2-5-11)15(18)22/h1-7H,8H2,(H2,18,22)(H,19,21). The van der Waals surface area contributed by atoms with Gasteiger partial charge >= 0.3 is 5.76 Å². The molecule has 7 nitrogen and oxygen atoms in total. The lowest BCUT2D eigenvalue weighted by atomic mass is 10.2. The summed E-state index contributed by atoms with van der Waals surface area (Å²) in [6.07, 6.45) is 0. The summed E-state index contributed by atoms with van der Waals surface area (Å²) in [5, 5.41) is 3.06. The number of rotatable bonds is 4. The maximum absolute atomic E-state index is 12.1. The quantitative estimate of drug-likeness (QED) is 0.753. The molecule has 3 aromatic rings. The molecule has 0 bridgehead atoms. The van der Waals surface area contributed by atoms with Crippen LogP contribution in [0.5, 0.6) is 0 Å². The van der Waals surface area contributed by atoms with E-state index in [0.717, 1.165) is 0 Å². The second-order valence-electron chi connectivity index (χ2n) is 5.06. The van der Waals surface area contributed by atoms with Gasteiger partial charge in [-0.25, -0.2) is 4.79 Å². The van der Waals surface area contributed by atoms with Crippen LogP contribution in [-0.2, 0) is 11.3 Å². The van der Waals surface area contributed by atoms with Gasteiger partial charge in [0.25, 0.3) is 0 Å². The van der Waals surface area contributed by atoms with Crippen LogP contribution in [0.3, 0.4) is 0 Å². The number of amides is 2. The van der Waals surface area contributed by atoms with Gasteiger partial charge in [0, 0.05) is 22.3 Å². The smallest absolute Gasteiger partial charge is 0.408 e. The number of nitrogens with zero attached hydrogens (tertiary/aromatic N) is 1. The number of fused-ring (bicyclic) bond motifs is 1. The van der Waals surface area contributed by atoms with E-state index in [1.807, 2.05) is 0 Å². The van der Waals surface area contributed by atoms with Gasteiger partial charge in [-0.1, -0.05) is 11.6 Å². The number of anilines is 1. The molecule has 0 saturated carbocycles. The maximum Gasteiger partial charge on any atom is 0.420 e. The molecule has 1 heterocycles. The first kappa shape index (κ1) is 15.8. The third-order valence-electron chi connectivity index (χ3n) is 3.39. The lowest BCUT2D eigenvalue weighted by Crippen LogP contribution is -2.24. The summed E-state index contributed by atoms with van der Waals surface area (Å²) < 4.78 is 6.27. The molecular weight excluding hydrogens is 334 g/mol. The molecule has 122 valence electrons. The molecule has 0 atom stereocenters. The van der Waals surface area contributed by atoms with E-state index in [2.05, 4.69) is 5.32 Å². The summed E-state index contributed by atoms with van der Waals surface area (Å²) in [4.78, 5) is 35.0. The predicted molar refractivity (Wildman–Crippen MR) is 89.1 cm³/mol. The average Bonchev–Trinajstić information content (AvgIpc) is 2.82. The number of aromatic nitrogens is 1. The van der Waals surface area contributed by atoms with Gasteiger partial charge in [0.15, 0.2) is 5.58 Å². The molecule has 3 rings (SSSR count). The van der Waals surface area contributed by atoms with Gasteiger partial charge in [-0.15, -0.1) is 0 Å². The van der Waals surface area contributed by atoms with Crippen molar-refractivity contribution in [3.05, 3.63) is 63.6 Å². The van der Waals surface area contributed by atoms with Crippen molar-refractivity contribution in [3.8, 4) is 0 Å². The molecule has 2 amide bonds. The Balaban J connectivity index is 1.79. The molecule has 3 N–H and O–H groups in total. The lowest BCUT2D eigenvalue weighted by Gasteiger charge is -2.06. The Morgan fingerprint density at radius 2 is 1.88 bits per heavy atom. The van der Waals surface area contributed by atoms with Crippen LogP contribution < -0.4 is 16.8 Å². The van der Waals surface area contributed by atoms with E-state index in [0.29, 0.717) is 27.4 Å². The van der Waals surface area contributed by atoms with Gasteiger partial charge in [0.1, 0.15) is 6.54 Å². The Morgan fingerprint density at radius 3 is 2.54 bits per heavy atom. The van der Waals surface area contributed by atoms with E-state index in [1.54, 1.807) is 24.3 Å². The highest BCUT2D eigenvalue weighted by atomic mass is 35.5. The van der Waals surface area contributed by atoms with Crippen molar-refractivity contribution in [1.29, 1.82) is 0 Å². The number of nitrogens with one attached hydrogen (secondary N) is 1. The first-order valence-electron chi connectivity index (χ1n) is 6.92. The number of oxazole rings is 1. The van der Waals surface area contributed by atoms with Gasteiger partial charge in [-0.05, 0) is 36.4 Å². The highest BCUT2D eigenvalue weighted by Gasteiger charge is 2.13. The average molecular weight is 346 g/mol. The Kier molecular flexibility index (Phi) is 4.09. The fourth-order valence-corrected chi connectivity index (χ4v) is 2.41. The minimum Gasteiger partial charge on any atom is -0.408 e. The second kappa shape index (κ2) is 6.21. The molecule has 0 fully saturated rings. The van der Waals surface area contributed by atoms with Crippen LogP contribution >= 0.6 is 11.6 Å². The molecule has 0 spiro atoms. The van der Waals surface area contributed by atoms with Gasteiger partial charge in [0.2, 0.25) is 11.8 Å². The largest absolute Gasteiger partial charge is 0.420 e. The van der Waals surface area contributed by atoms with Crippen LogP contribution in [0.4, 0.5) is 5.69 Å². The van der Waals surface area contributed by atoms with Crippen molar-refractivity contribution < 1.29 is 14.0 Å². The molecule has 24 heavy (non-hydrogen) atoms. The first-order chi connectivity index (χ1) is 11.4. The highest BCUT2D eigenvalue weighted by molar-refractivity contribution is 6.31. The summed E-state index contributed by atoms with van der Waals surface area (Å²) in [5.41, 5.74) is 6.75. The normalized spacial score (nSPS) is 10.7. The van der Waals surface area contributed by atoms with E-state index in [4.69, 9.17) is 21.8 Å². The van der Waals surface area contributed by atoms with Gasteiger partial charge in [-0.2, -0.15) is 0 Å². The minimum atomic E-state index is -0.647. The fourth-order valence-electron chi connectivity index (χ4n) is 2.25. The van der Waals surface area contributed by atoms with Gasteiger partial charge in [-0.3, -0.25) is 14.2 Å². The number of halogens is 1. The van der Waals surface area contributed by atoms with Crippen molar-refractivity contribution in [3.63, 3.8) is 0 Å². The van der Waals surface area contributed by atoms with Crippen molar-refractivity contribution in [1.82, 2.24) is 4.57 Å². The topological polar surface area (TPSA) is 107 Å². The number of nitrogens with two attached hydrogens (primary N) is 1. The Morgan fingerprint density at radius 1 is 1.17 bits per heavy atom. The first-order valence-corrected chi connectivity index (χ1v) is 7.30. The van der Waals surface area contributed by atoms with Gasteiger partial charge in [0.05, 0.1) is 5.52 Å². The summed E-state index contributed by atoms with van der Waals surface area (Å²) in [6.45, 7) is -0.217. The summed E-state index contributed by atoms with van der Waals surface area (Å²) in [6, 6.07) is 10.8. The number of primary amides is 1. The van der Waals surface area contributed by atoms with Crippen LogP contribution in [0.1, 0.15) is 10.4 Å². The lowest BCUT2D eigenvalue weighted by molar-refractivity contribution is -0.116. The molecule has 2 aromatic carbocycles. The summed E-state index contributed by atoms with van der Waals surface area (Å²) in [5.74, 6) is -1.61. The molecule has 1 aromatic heterocycles.